The van der Waals surface area contributed by atoms with Crippen LogP contribution in [-0.4, -0.2) is 29.1 Å². The molecule has 2 nitrogen and oxygen atoms in total. The fourth-order valence-electron chi connectivity index (χ4n) is 2.86. The molecule has 1 radical (unpaired) electrons. The molecule has 3 rings (SSSR count). The molecule has 95 valence electrons. The van der Waals surface area contributed by atoms with Crippen LogP contribution in [0.5, 0.6) is 0 Å². The van der Waals surface area contributed by atoms with Gasteiger partial charge in [0, 0.05) is 36.3 Å². The van der Waals surface area contributed by atoms with Crippen molar-refractivity contribution < 1.29 is 0 Å². The summed E-state index contributed by atoms with van der Waals surface area (Å²) in [5, 5.41) is 1.23. The molecule has 1 aromatic carbocycles. The molecule has 0 spiro atoms. The third-order valence-electron chi connectivity index (χ3n) is 3.95. The Labute approximate surface area is 109 Å². The van der Waals surface area contributed by atoms with Crippen molar-refractivity contribution >= 4 is 10.9 Å². The van der Waals surface area contributed by atoms with Gasteiger partial charge in [0.15, 0.2) is 0 Å². The van der Waals surface area contributed by atoms with E-state index in [0.29, 0.717) is 0 Å². The van der Waals surface area contributed by atoms with E-state index in [-0.39, 0.29) is 0 Å². The third kappa shape index (κ3) is 2.59. The Morgan fingerprint density at radius 1 is 0.944 bits per heavy atom. The first-order valence-electron chi connectivity index (χ1n) is 7.11. The van der Waals surface area contributed by atoms with Gasteiger partial charge in [0.25, 0.3) is 0 Å². The van der Waals surface area contributed by atoms with E-state index in [9.17, 15) is 0 Å². The zero-order valence-corrected chi connectivity index (χ0v) is 10.9. The van der Waals surface area contributed by atoms with Gasteiger partial charge in [-0.05, 0) is 32.0 Å². The van der Waals surface area contributed by atoms with Crippen LogP contribution < -0.4 is 0 Å². The first-order chi connectivity index (χ1) is 8.93. The number of hydrogen-bond acceptors (Lipinski definition) is 1. The van der Waals surface area contributed by atoms with E-state index in [1.54, 1.807) is 0 Å². The molecule has 0 aliphatic carbocycles. The molecular weight excluding hydrogens is 220 g/mol. The Balaban J connectivity index is 1.65. The lowest BCUT2D eigenvalue weighted by atomic mass is 10.2. The van der Waals surface area contributed by atoms with Crippen molar-refractivity contribution in [2.45, 2.75) is 32.2 Å². The Bertz CT molecular complexity index is 493. The quantitative estimate of drug-likeness (QED) is 0.800. The summed E-state index contributed by atoms with van der Waals surface area (Å²) in [6.45, 7) is 4.82. The van der Waals surface area contributed by atoms with E-state index in [0.717, 1.165) is 6.54 Å². The minimum Gasteiger partial charge on any atom is -0.346 e. The number of nitrogens with zero attached hydrogens (tertiary/aromatic N) is 2. The molecule has 1 aromatic heterocycles. The molecule has 2 aromatic rings. The molecule has 0 saturated carbocycles. The number of fused-ring (bicyclic) bond motifs is 1. The van der Waals surface area contributed by atoms with Gasteiger partial charge in [0.1, 0.15) is 0 Å². The van der Waals surface area contributed by atoms with Crippen LogP contribution in [0.2, 0.25) is 0 Å². The number of aromatic nitrogens is 1. The van der Waals surface area contributed by atoms with Crippen LogP contribution in [0.25, 0.3) is 10.9 Å². The molecule has 0 bridgehead atoms. The molecule has 1 aliphatic heterocycles. The SMILES string of the molecule is [c]1cn(CCN2CCCCCC2)c2ccccc12. The molecule has 1 fully saturated rings. The van der Waals surface area contributed by atoms with Crippen molar-refractivity contribution in [3.8, 4) is 0 Å². The van der Waals surface area contributed by atoms with Crippen LogP contribution in [0.15, 0.2) is 30.5 Å². The highest BCUT2D eigenvalue weighted by atomic mass is 15.1. The summed E-state index contributed by atoms with van der Waals surface area (Å²) >= 11 is 0. The largest absolute Gasteiger partial charge is 0.346 e. The number of likely N-dealkylation sites (tertiary alicyclic amines) is 1. The lowest BCUT2D eigenvalue weighted by Gasteiger charge is -2.20. The van der Waals surface area contributed by atoms with Crippen LogP contribution in [0.4, 0.5) is 0 Å². The first-order valence-corrected chi connectivity index (χ1v) is 7.11. The van der Waals surface area contributed by atoms with Crippen molar-refractivity contribution in [3.63, 3.8) is 0 Å². The second kappa shape index (κ2) is 5.57. The summed E-state index contributed by atoms with van der Waals surface area (Å²) in [6, 6.07) is 11.8. The maximum atomic E-state index is 3.33. The smallest absolute Gasteiger partial charge is 0.0487 e. The van der Waals surface area contributed by atoms with Gasteiger partial charge < -0.3 is 9.47 Å². The van der Waals surface area contributed by atoms with Gasteiger partial charge in [-0.1, -0.05) is 31.0 Å². The van der Waals surface area contributed by atoms with Gasteiger partial charge in [-0.3, -0.25) is 0 Å². The van der Waals surface area contributed by atoms with Crippen LogP contribution in [0, 0.1) is 6.07 Å². The monoisotopic (exact) mass is 241 g/mol. The summed E-state index contributed by atoms with van der Waals surface area (Å²) in [7, 11) is 0. The second-order valence-electron chi connectivity index (χ2n) is 5.24. The Hall–Kier alpha value is -1.28. The van der Waals surface area contributed by atoms with Gasteiger partial charge in [-0.15, -0.1) is 0 Å². The summed E-state index contributed by atoms with van der Waals surface area (Å²) < 4.78 is 2.33. The summed E-state index contributed by atoms with van der Waals surface area (Å²) in [4.78, 5) is 2.61. The van der Waals surface area contributed by atoms with Gasteiger partial charge in [0.2, 0.25) is 0 Å². The van der Waals surface area contributed by atoms with Gasteiger partial charge in [0.05, 0.1) is 0 Å². The Morgan fingerprint density at radius 2 is 1.72 bits per heavy atom. The molecule has 2 heterocycles. The van der Waals surface area contributed by atoms with E-state index in [1.807, 2.05) is 0 Å². The molecule has 1 aliphatic rings. The standard InChI is InChI=1S/C16H21N2/c1-2-6-11-17(10-5-1)13-14-18-12-9-15-7-3-4-8-16(15)18/h3-4,7-8,12H,1-2,5-6,10-11,13-14H2. The molecule has 2 heteroatoms. The molecular formula is C16H21N2. The van der Waals surface area contributed by atoms with Gasteiger partial charge in [-0.2, -0.15) is 0 Å². The average molecular weight is 241 g/mol. The van der Waals surface area contributed by atoms with Crippen LogP contribution >= 0.6 is 0 Å². The fraction of sp³-hybridized carbons (Fsp3) is 0.500. The van der Waals surface area contributed by atoms with Crippen LogP contribution in [0.3, 0.4) is 0 Å². The maximum Gasteiger partial charge on any atom is 0.0487 e. The lowest BCUT2D eigenvalue weighted by Crippen LogP contribution is -2.28. The summed E-state index contributed by atoms with van der Waals surface area (Å²) in [5.74, 6) is 0. The molecule has 0 atom stereocenters. The molecule has 0 amide bonds. The van der Waals surface area contributed by atoms with E-state index >= 15 is 0 Å². The highest BCUT2D eigenvalue weighted by Gasteiger charge is 2.09. The Morgan fingerprint density at radius 3 is 2.56 bits per heavy atom. The topological polar surface area (TPSA) is 8.17 Å². The average Bonchev–Trinajstić information content (AvgIpc) is 2.64. The van der Waals surface area contributed by atoms with E-state index < -0.39 is 0 Å². The third-order valence-corrected chi connectivity index (χ3v) is 3.95. The molecule has 18 heavy (non-hydrogen) atoms. The second-order valence-corrected chi connectivity index (χ2v) is 5.24. The molecule has 0 unspecified atom stereocenters. The van der Waals surface area contributed by atoms with Crippen molar-refractivity contribution in [3.05, 3.63) is 36.5 Å². The molecule has 0 N–H and O–H groups in total. The highest BCUT2D eigenvalue weighted by molar-refractivity contribution is 5.79. The highest BCUT2D eigenvalue weighted by Crippen LogP contribution is 2.15. The van der Waals surface area contributed by atoms with Crippen LogP contribution in [-0.2, 0) is 6.54 Å². The van der Waals surface area contributed by atoms with E-state index in [4.69, 9.17) is 0 Å². The fourth-order valence-corrected chi connectivity index (χ4v) is 2.86. The zero-order valence-electron chi connectivity index (χ0n) is 10.9. The minimum absolute atomic E-state index is 1.09. The van der Waals surface area contributed by atoms with E-state index in [2.05, 4.69) is 46.0 Å². The summed E-state index contributed by atoms with van der Waals surface area (Å²) in [5.41, 5.74) is 1.31. The summed E-state index contributed by atoms with van der Waals surface area (Å²) in [6.07, 6.45) is 7.67. The zero-order chi connectivity index (χ0) is 12.2. The predicted octanol–water partition coefficient (Wildman–Crippen LogP) is 3.32. The number of para-hydroxylation sites is 1. The van der Waals surface area contributed by atoms with Gasteiger partial charge >= 0.3 is 0 Å². The predicted molar refractivity (Wildman–Crippen MR) is 75.7 cm³/mol. The normalized spacial score (nSPS) is 18.0. The van der Waals surface area contributed by atoms with E-state index in [1.165, 1.54) is 56.2 Å². The van der Waals surface area contributed by atoms with Crippen LogP contribution in [0.1, 0.15) is 25.7 Å². The maximum absolute atomic E-state index is 3.33. The number of hydrogen-bond donors (Lipinski definition) is 0. The number of benzene rings is 1. The van der Waals surface area contributed by atoms with Gasteiger partial charge in [-0.25, -0.2) is 0 Å². The lowest BCUT2D eigenvalue weighted by molar-refractivity contribution is 0.274. The van der Waals surface area contributed by atoms with Crippen molar-refractivity contribution in [2.24, 2.45) is 0 Å². The van der Waals surface area contributed by atoms with Crippen molar-refractivity contribution in [1.29, 1.82) is 0 Å². The van der Waals surface area contributed by atoms with Crippen molar-refractivity contribution in [2.75, 3.05) is 19.6 Å². The Kier molecular flexibility index (Phi) is 3.65. The van der Waals surface area contributed by atoms with Crippen molar-refractivity contribution in [1.82, 2.24) is 9.47 Å². The molecule has 1 saturated heterocycles. The first kappa shape index (κ1) is 11.8. The number of rotatable bonds is 3. The minimum atomic E-state index is 1.09.